The summed E-state index contributed by atoms with van der Waals surface area (Å²) in [6.45, 7) is 4.54. The third-order valence-electron chi connectivity index (χ3n) is 5.46. The van der Waals surface area contributed by atoms with E-state index in [1.165, 1.54) is 26.2 Å². The highest BCUT2D eigenvalue weighted by atomic mass is 16.5. The van der Waals surface area contributed by atoms with Crippen LogP contribution in [0.3, 0.4) is 0 Å². The van der Waals surface area contributed by atoms with Gasteiger partial charge in [0.05, 0.1) is 5.41 Å². The lowest BCUT2D eigenvalue weighted by atomic mass is 9.49. The van der Waals surface area contributed by atoms with Crippen LogP contribution in [0, 0.1) is 23.2 Å². The number of amides is 2. The minimum Gasteiger partial charge on any atom is -0.452 e. The van der Waals surface area contributed by atoms with Crippen LogP contribution in [0.4, 0.5) is 0 Å². The fourth-order valence-corrected chi connectivity index (χ4v) is 4.94. The van der Waals surface area contributed by atoms with Gasteiger partial charge in [0.25, 0.3) is 5.91 Å². The summed E-state index contributed by atoms with van der Waals surface area (Å²) in [5.41, 5.74) is -0.122. The predicted octanol–water partition coefficient (Wildman–Crippen LogP) is 1.96. The van der Waals surface area contributed by atoms with Crippen LogP contribution < -0.4 is 5.32 Å². The molecule has 4 rings (SSSR count). The number of ether oxygens (including phenoxy) is 1. The van der Waals surface area contributed by atoms with E-state index in [4.69, 9.17) is 4.74 Å². The average Bonchev–Trinajstić information content (AvgIpc) is 2.43. The maximum Gasteiger partial charge on any atom is 0.333 e. The maximum absolute atomic E-state index is 12.6. The summed E-state index contributed by atoms with van der Waals surface area (Å²) in [4.78, 5) is 35.7. The van der Waals surface area contributed by atoms with Gasteiger partial charge in [-0.3, -0.25) is 14.9 Å². The first-order valence-electron chi connectivity index (χ1n) is 8.05. The number of carbonyl (C=O) groups excluding carboxylic acids is 3. The Kier molecular flexibility index (Phi) is 3.83. The van der Waals surface area contributed by atoms with Crippen molar-refractivity contribution < 1.29 is 19.1 Å². The minimum absolute atomic E-state index is 0.164. The molecule has 5 nitrogen and oxygen atoms in total. The van der Waals surface area contributed by atoms with E-state index in [0.717, 1.165) is 19.3 Å². The van der Waals surface area contributed by atoms with Crippen molar-refractivity contribution in [1.82, 2.24) is 5.32 Å². The Morgan fingerprint density at radius 2 is 1.59 bits per heavy atom. The minimum atomic E-state index is -0.614. The molecule has 1 N–H and O–H groups in total. The third kappa shape index (κ3) is 2.81. The highest BCUT2D eigenvalue weighted by Crippen LogP contribution is 2.60. The lowest BCUT2D eigenvalue weighted by molar-refractivity contribution is -0.153. The molecule has 4 aliphatic rings. The molecule has 0 atom stereocenters. The van der Waals surface area contributed by atoms with Crippen LogP contribution in [0.15, 0.2) is 12.2 Å². The first kappa shape index (κ1) is 15.3. The van der Waals surface area contributed by atoms with Crippen molar-refractivity contribution in [2.24, 2.45) is 23.2 Å². The van der Waals surface area contributed by atoms with Crippen LogP contribution in [0.25, 0.3) is 0 Å². The van der Waals surface area contributed by atoms with Gasteiger partial charge in [0, 0.05) is 5.57 Å². The summed E-state index contributed by atoms with van der Waals surface area (Å²) in [6, 6.07) is 0. The van der Waals surface area contributed by atoms with Crippen LogP contribution in [0.1, 0.15) is 45.4 Å². The van der Waals surface area contributed by atoms with Crippen LogP contribution in [0.5, 0.6) is 0 Å². The van der Waals surface area contributed by atoms with Gasteiger partial charge in [-0.1, -0.05) is 6.58 Å². The molecule has 0 aromatic heterocycles. The van der Waals surface area contributed by atoms with E-state index in [1.54, 1.807) is 0 Å². The SMILES string of the molecule is C=C(C)C(=O)OCC(=O)NC(=O)C12CC3CC(CC(C3)C1)C2. The Labute approximate surface area is 130 Å². The van der Waals surface area contributed by atoms with Gasteiger partial charge >= 0.3 is 5.97 Å². The molecular weight excluding hydrogens is 282 g/mol. The number of carbonyl (C=O) groups is 3. The van der Waals surface area contributed by atoms with Gasteiger partial charge in [0.1, 0.15) is 0 Å². The Balaban J connectivity index is 1.57. The summed E-state index contributed by atoms with van der Waals surface area (Å²) < 4.78 is 4.78. The quantitative estimate of drug-likeness (QED) is 0.636. The molecule has 0 heterocycles. The van der Waals surface area contributed by atoms with Gasteiger partial charge in [-0.2, -0.15) is 0 Å². The fourth-order valence-electron chi connectivity index (χ4n) is 4.94. The average molecular weight is 305 g/mol. The van der Waals surface area contributed by atoms with Crippen LogP contribution in [0.2, 0.25) is 0 Å². The number of nitrogens with one attached hydrogen (secondary N) is 1. The molecule has 0 unspecified atom stereocenters. The lowest BCUT2D eigenvalue weighted by Crippen LogP contribution is -2.54. The summed E-state index contributed by atoms with van der Waals surface area (Å²) in [5.74, 6) is 0.616. The lowest BCUT2D eigenvalue weighted by Gasteiger charge is -2.55. The molecule has 0 aromatic carbocycles. The van der Waals surface area contributed by atoms with Crippen LogP contribution in [-0.2, 0) is 19.1 Å². The molecular formula is C17H23NO4. The number of hydrogen-bond donors (Lipinski definition) is 1. The smallest absolute Gasteiger partial charge is 0.333 e. The van der Waals surface area contributed by atoms with Crippen molar-refractivity contribution in [2.45, 2.75) is 45.4 Å². The van der Waals surface area contributed by atoms with Gasteiger partial charge in [-0.15, -0.1) is 0 Å². The summed E-state index contributed by atoms with van der Waals surface area (Å²) in [7, 11) is 0. The third-order valence-corrected chi connectivity index (χ3v) is 5.46. The molecule has 4 saturated carbocycles. The number of rotatable bonds is 4. The van der Waals surface area contributed by atoms with Crippen molar-refractivity contribution in [3.63, 3.8) is 0 Å². The maximum atomic E-state index is 12.6. The molecule has 0 saturated heterocycles. The molecule has 22 heavy (non-hydrogen) atoms. The van der Waals surface area contributed by atoms with Gasteiger partial charge in [-0.05, 0) is 63.2 Å². The first-order valence-corrected chi connectivity index (χ1v) is 8.05. The monoisotopic (exact) mass is 305 g/mol. The van der Waals surface area contributed by atoms with Crippen LogP contribution in [-0.4, -0.2) is 24.4 Å². The zero-order chi connectivity index (χ0) is 15.9. The zero-order valence-corrected chi connectivity index (χ0v) is 13.0. The second kappa shape index (κ2) is 5.52. The second-order valence-electron chi connectivity index (χ2n) is 7.43. The predicted molar refractivity (Wildman–Crippen MR) is 79.5 cm³/mol. The molecule has 2 amide bonds. The molecule has 0 spiro atoms. The molecule has 4 bridgehead atoms. The van der Waals surface area contributed by atoms with E-state index in [9.17, 15) is 14.4 Å². The number of hydrogen-bond acceptors (Lipinski definition) is 4. The standard InChI is InChI=1S/C17H23NO4/c1-10(2)15(20)22-9-14(19)18-16(21)17-6-11-3-12(7-17)5-13(4-11)8-17/h11-13H,1,3-9H2,2H3,(H,18,19,21). The van der Waals surface area contributed by atoms with E-state index in [2.05, 4.69) is 11.9 Å². The fraction of sp³-hybridized carbons (Fsp3) is 0.706. The Bertz CT molecular complexity index is 501. The topological polar surface area (TPSA) is 72.5 Å². The largest absolute Gasteiger partial charge is 0.452 e. The Morgan fingerprint density at radius 1 is 1.09 bits per heavy atom. The van der Waals surface area contributed by atoms with E-state index >= 15 is 0 Å². The van der Waals surface area contributed by atoms with Crippen molar-refractivity contribution in [1.29, 1.82) is 0 Å². The van der Waals surface area contributed by atoms with E-state index in [1.807, 2.05) is 0 Å². The Hall–Kier alpha value is -1.65. The van der Waals surface area contributed by atoms with E-state index < -0.39 is 18.5 Å². The van der Waals surface area contributed by atoms with Gasteiger partial charge in [0.15, 0.2) is 6.61 Å². The first-order chi connectivity index (χ1) is 10.4. The van der Waals surface area contributed by atoms with Gasteiger partial charge in [0.2, 0.25) is 5.91 Å². The van der Waals surface area contributed by atoms with Gasteiger partial charge in [-0.25, -0.2) is 4.79 Å². The summed E-state index contributed by atoms with van der Waals surface area (Å²) in [5, 5.41) is 2.45. The summed E-state index contributed by atoms with van der Waals surface area (Å²) in [6.07, 6.45) is 6.46. The van der Waals surface area contributed by atoms with Crippen molar-refractivity contribution in [3.05, 3.63) is 12.2 Å². The van der Waals surface area contributed by atoms with Crippen molar-refractivity contribution in [2.75, 3.05) is 6.61 Å². The van der Waals surface area contributed by atoms with Crippen molar-refractivity contribution >= 4 is 17.8 Å². The van der Waals surface area contributed by atoms with E-state index in [0.29, 0.717) is 17.8 Å². The van der Waals surface area contributed by atoms with Gasteiger partial charge < -0.3 is 4.74 Å². The highest BCUT2D eigenvalue weighted by molar-refractivity contribution is 5.99. The molecule has 0 radical (unpaired) electrons. The Morgan fingerprint density at radius 3 is 2.05 bits per heavy atom. The number of esters is 1. The molecule has 4 aliphatic carbocycles. The molecule has 5 heteroatoms. The van der Waals surface area contributed by atoms with E-state index in [-0.39, 0.29) is 16.9 Å². The van der Waals surface area contributed by atoms with Crippen molar-refractivity contribution in [3.8, 4) is 0 Å². The second-order valence-corrected chi connectivity index (χ2v) is 7.43. The molecule has 0 aromatic rings. The molecule has 0 aliphatic heterocycles. The number of imide groups is 1. The molecule has 4 fully saturated rings. The van der Waals surface area contributed by atoms with Crippen LogP contribution >= 0.6 is 0 Å². The highest BCUT2D eigenvalue weighted by Gasteiger charge is 2.54. The normalized spacial score (nSPS) is 35.0. The molecule has 120 valence electrons. The summed E-state index contributed by atoms with van der Waals surface area (Å²) >= 11 is 0. The zero-order valence-electron chi connectivity index (χ0n) is 13.0.